The third-order valence-corrected chi connectivity index (χ3v) is 6.56. The van der Waals surface area contributed by atoms with Crippen LogP contribution in [0.1, 0.15) is 27.9 Å². The first-order chi connectivity index (χ1) is 14.8. The van der Waals surface area contributed by atoms with Gasteiger partial charge in [0.05, 0.1) is 24.8 Å². The Morgan fingerprint density at radius 1 is 1.31 bits per heavy atom. The highest BCUT2D eigenvalue weighted by Gasteiger charge is 2.42. The molecular weight excluding hydrogens is 464 g/mol. The molecule has 32 heavy (non-hydrogen) atoms. The highest BCUT2D eigenvalue weighted by Crippen LogP contribution is 2.32. The van der Waals surface area contributed by atoms with Crippen molar-refractivity contribution in [2.45, 2.75) is 32.2 Å². The third-order valence-electron chi connectivity index (χ3n) is 5.52. The fourth-order valence-electron chi connectivity index (χ4n) is 3.99. The Kier molecular flexibility index (Phi) is 5.78. The normalized spacial score (nSPS) is 19.5. The van der Waals surface area contributed by atoms with Gasteiger partial charge in [-0.05, 0) is 18.6 Å². The summed E-state index contributed by atoms with van der Waals surface area (Å²) in [5.74, 6) is -2.39. The molecule has 1 N–H and O–H groups in total. The van der Waals surface area contributed by atoms with E-state index in [9.17, 15) is 23.5 Å². The maximum absolute atomic E-state index is 14.0. The van der Waals surface area contributed by atoms with Gasteiger partial charge in [0, 0.05) is 29.8 Å². The highest BCUT2D eigenvalue weighted by molar-refractivity contribution is 7.15. The van der Waals surface area contributed by atoms with Gasteiger partial charge in [0.25, 0.3) is 5.91 Å². The van der Waals surface area contributed by atoms with Gasteiger partial charge >= 0.3 is 0 Å². The number of nitrogens with zero attached hydrogens (tertiary/aromatic N) is 3. The Morgan fingerprint density at radius 3 is 2.84 bits per heavy atom. The lowest BCUT2D eigenvalue weighted by atomic mass is 10.1. The van der Waals surface area contributed by atoms with Crippen molar-refractivity contribution in [3.05, 3.63) is 68.6 Å². The van der Waals surface area contributed by atoms with Crippen LogP contribution in [-0.2, 0) is 17.7 Å². The fraction of sp³-hybridized carbons (Fsp3) is 0.286. The lowest BCUT2D eigenvalue weighted by Crippen LogP contribution is -2.48. The van der Waals surface area contributed by atoms with E-state index in [1.807, 2.05) is 6.92 Å². The van der Waals surface area contributed by atoms with Gasteiger partial charge < -0.3 is 19.3 Å². The van der Waals surface area contributed by atoms with Gasteiger partial charge in [-0.15, -0.1) is 23.7 Å². The first-order valence-corrected chi connectivity index (χ1v) is 10.4. The number of pyridine rings is 1. The van der Waals surface area contributed by atoms with Crippen molar-refractivity contribution in [3.63, 3.8) is 0 Å². The molecule has 7 nitrogen and oxygen atoms in total. The number of ether oxygens (including phenoxy) is 1. The van der Waals surface area contributed by atoms with E-state index in [0.29, 0.717) is 22.1 Å². The smallest absolute Gasteiger partial charge is 0.276 e. The summed E-state index contributed by atoms with van der Waals surface area (Å²) in [4.78, 5) is 32.1. The number of aromatic hydroxyl groups is 1. The van der Waals surface area contributed by atoms with Gasteiger partial charge in [-0.25, -0.2) is 13.8 Å². The molecule has 0 saturated carbocycles. The van der Waals surface area contributed by atoms with E-state index in [1.54, 1.807) is 0 Å². The summed E-state index contributed by atoms with van der Waals surface area (Å²) in [7, 11) is 0. The molecule has 0 unspecified atom stereocenters. The summed E-state index contributed by atoms with van der Waals surface area (Å²) in [6.07, 6.45) is 2.74. The molecular formula is C21H18ClF2N3O4S. The van der Waals surface area contributed by atoms with E-state index in [0.717, 1.165) is 6.07 Å². The summed E-state index contributed by atoms with van der Waals surface area (Å²) in [5, 5.41) is 10.9. The number of fused-ring (bicyclic) bond motifs is 2. The molecule has 0 aliphatic carbocycles. The molecule has 4 heterocycles. The van der Waals surface area contributed by atoms with Crippen LogP contribution in [0.15, 0.2) is 35.4 Å². The number of rotatable bonds is 3. The van der Waals surface area contributed by atoms with Crippen molar-refractivity contribution in [2.24, 2.45) is 0 Å². The lowest BCUT2D eigenvalue weighted by molar-refractivity contribution is 0.00638. The van der Waals surface area contributed by atoms with Gasteiger partial charge in [0.2, 0.25) is 5.43 Å². The number of aromatic nitrogens is 2. The van der Waals surface area contributed by atoms with Crippen molar-refractivity contribution in [3.8, 4) is 16.3 Å². The van der Waals surface area contributed by atoms with Gasteiger partial charge in [-0.3, -0.25) is 9.59 Å². The van der Waals surface area contributed by atoms with Crippen LogP contribution in [0.3, 0.4) is 0 Å². The molecule has 0 radical (unpaired) electrons. The predicted octanol–water partition coefficient (Wildman–Crippen LogP) is 3.17. The van der Waals surface area contributed by atoms with Crippen LogP contribution in [-0.4, -0.2) is 44.3 Å². The monoisotopic (exact) mass is 481 g/mol. The maximum atomic E-state index is 14.0. The number of benzene rings is 1. The van der Waals surface area contributed by atoms with Crippen LogP contribution < -0.4 is 5.43 Å². The Bertz CT molecular complexity index is 1280. The van der Waals surface area contributed by atoms with Gasteiger partial charge in [0.15, 0.2) is 17.7 Å². The van der Waals surface area contributed by atoms with Crippen LogP contribution in [0.25, 0.3) is 10.6 Å². The van der Waals surface area contributed by atoms with Crippen LogP contribution >= 0.6 is 23.7 Å². The number of thiazole rings is 1. The van der Waals surface area contributed by atoms with E-state index in [1.165, 1.54) is 45.3 Å². The second-order valence-corrected chi connectivity index (χ2v) is 8.73. The van der Waals surface area contributed by atoms with Crippen molar-refractivity contribution in [2.75, 3.05) is 6.61 Å². The molecule has 1 amide bonds. The zero-order valence-electron chi connectivity index (χ0n) is 16.7. The minimum absolute atomic E-state index is 0. The molecule has 2 aliphatic rings. The number of carbonyl (C=O) groups excluding carboxylic acids is 1. The minimum atomic E-state index is -0.695. The highest BCUT2D eigenvalue weighted by atomic mass is 35.5. The topological polar surface area (TPSA) is 84.7 Å². The molecule has 3 aromatic rings. The van der Waals surface area contributed by atoms with E-state index >= 15 is 0 Å². The third kappa shape index (κ3) is 3.58. The average Bonchev–Trinajstić information content (AvgIpc) is 3.33. The largest absolute Gasteiger partial charge is 0.503 e. The molecule has 0 spiro atoms. The summed E-state index contributed by atoms with van der Waals surface area (Å²) < 4.78 is 34.2. The Labute approximate surface area is 191 Å². The molecule has 2 atom stereocenters. The lowest BCUT2D eigenvalue weighted by Gasteiger charge is -2.33. The van der Waals surface area contributed by atoms with Crippen LogP contribution in [0.5, 0.6) is 5.75 Å². The fourth-order valence-corrected chi connectivity index (χ4v) is 4.94. The average molecular weight is 482 g/mol. The van der Waals surface area contributed by atoms with Crippen molar-refractivity contribution < 1.29 is 23.4 Å². The second kappa shape index (κ2) is 8.27. The Balaban J connectivity index is 0.00000245. The van der Waals surface area contributed by atoms with Gasteiger partial charge in [-0.2, -0.15) is 0 Å². The van der Waals surface area contributed by atoms with E-state index in [2.05, 4.69) is 4.98 Å². The minimum Gasteiger partial charge on any atom is -0.503 e. The van der Waals surface area contributed by atoms with E-state index in [-0.39, 0.29) is 42.7 Å². The molecule has 2 aromatic heterocycles. The molecule has 1 saturated heterocycles. The number of carbonyl (C=O) groups is 1. The summed E-state index contributed by atoms with van der Waals surface area (Å²) >= 11 is 1.17. The Morgan fingerprint density at radius 2 is 2.09 bits per heavy atom. The maximum Gasteiger partial charge on any atom is 0.276 e. The quantitative estimate of drug-likeness (QED) is 0.621. The zero-order valence-corrected chi connectivity index (χ0v) is 18.4. The molecule has 2 aliphatic heterocycles. The van der Waals surface area contributed by atoms with Crippen LogP contribution in [0.2, 0.25) is 0 Å². The summed E-state index contributed by atoms with van der Waals surface area (Å²) in [5.41, 5.74) is -0.309. The van der Waals surface area contributed by atoms with Crippen LogP contribution in [0.4, 0.5) is 8.78 Å². The van der Waals surface area contributed by atoms with Crippen molar-refractivity contribution >= 4 is 29.7 Å². The first-order valence-electron chi connectivity index (χ1n) is 9.63. The van der Waals surface area contributed by atoms with Crippen molar-refractivity contribution in [1.29, 1.82) is 0 Å². The zero-order chi connectivity index (χ0) is 21.9. The Hall–Kier alpha value is -2.82. The van der Waals surface area contributed by atoms with Crippen molar-refractivity contribution in [1.82, 2.24) is 14.5 Å². The van der Waals surface area contributed by atoms with Gasteiger partial charge in [0.1, 0.15) is 16.6 Å². The number of hydrogen-bond acceptors (Lipinski definition) is 6. The number of hydrogen-bond donors (Lipinski definition) is 1. The van der Waals surface area contributed by atoms with E-state index < -0.39 is 34.9 Å². The first kappa shape index (κ1) is 22.4. The summed E-state index contributed by atoms with van der Waals surface area (Å²) in [6.45, 7) is 2.52. The standard InChI is InChI=1S/C21H17F2N3O4S.ClH/c1-10-9-30-16-8-25-7-14(18(27)19(28)17(25)21(29)26(10)16)20-24-6-13(31-20)4-11-2-3-12(22)5-15(11)23;/h2-3,5-7,10,16,28H,4,8-9H2,1H3;1H/t10-,16+;/m1./s1. The number of halogens is 3. The molecule has 0 bridgehead atoms. The van der Waals surface area contributed by atoms with Gasteiger partial charge in [-0.1, -0.05) is 6.07 Å². The SMILES string of the molecule is C[C@@H]1CO[C@H]2Cn3cc(-c4ncc(Cc5ccc(F)cc5F)s4)c(=O)c(O)c3C(=O)N12.Cl. The predicted molar refractivity (Wildman–Crippen MR) is 115 cm³/mol. The molecule has 11 heteroatoms. The second-order valence-electron chi connectivity index (χ2n) is 7.62. The molecule has 5 rings (SSSR count). The van der Waals surface area contributed by atoms with Crippen LogP contribution in [0, 0.1) is 11.6 Å². The number of amides is 1. The molecule has 1 fully saturated rings. The molecule has 168 valence electrons. The van der Waals surface area contributed by atoms with E-state index in [4.69, 9.17) is 4.74 Å². The molecule has 1 aromatic carbocycles. The summed E-state index contributed by atoms with van der Waals surface area (Å²) in [6, 6.07) is 3.22.